The number of hydrogen-bond acceptors (Lipinski definition) is 31. The number of nitrogens with one attached hydrogen (secondary N) is 7. The second-order valence-corrected chi connectivity index (χ2v) is 33.7. The van der Waals surface area contributed by atoms with Crippen molar-refractivity contribution in [3.63, 3.8) is 0 Å². The smallest absolute Gasteiger partial charge is 0.394 e. The Hall–Kier alpha value is -6.52. The molecule has 5 aromatic rings. The van der Waals surface area contributed by atoms with Crippen molar-refractivity contribution >= 4 is 31.1 Å². The predicted molar refractivity (Wildman–Crippen MR) is 377 cm³/mol. The van der Waals surface area contributed by atoms with Crippen LogP contribution in [0.4, 0.5) is 0 Å². The quantitative estimate of drug-likeness (QED) is 0.0155. The Bertz CT molecular complexity index is 4920. The Morgan fingerprint density at radius 3 is 0.972 bits per heavy atom. The molecule has 5 fully saturated rings. The number of aromatic nitrogens is 10. The molecule has 5 aliphatic heterocycles. The first-order valence-corrected chi connectivity index (χ1v) is 40.5. The summed E-state index contributed by atoms with van der Waals surface area (Å²) < 4.78 is 142. The maximum absolute atomic E-state index is 15.6. The topological polar surface area (TPSA) is 574 Å². The number of aliphatic hydroxyl groups is 2. The number of ether oxygens (including phenoxy) is 5. The summed E-state index contributed by atoms with van der Waals surface area (Å²) in [7, 11) is -13.4. The first-order valence-electron chi connectivity index (χ1n) is 34.4. The van der Waals surface area contributed by atoms with Crippen molar-refractivity contribution in [2.24, 2.45) is 0 Å². The summed E-state index contributed by atoms with van der Waals surface area (Å²) in [5.41, 5.74) is -7.86. The van der Waals surface area contributed by atoms with E-state index in [0.29, 0.717) is 19.5 Å². The number of phosphoric ester groups is 2. The standard InChI is InChI=1S/C60H90N14O31P4/c1-31-21-70(56(82)63-51(31)77)46-16-36(76)42(98-46)27-93-106(87,61-12-10-14-68(6)7)102-38-18-48(72-23-33(3)53(79)65-58(72)84)101-45(38)30-96-109(91,92)105-40-20-50(74-25-35(5)55(81)67-60(74)86)99-43(40)28-94-107(88,62-13-11-15-69(8)9)103-39-19-49(73-24-34(4)54(80)66-59(73)85)100-44(39)29-95-108(89,90)104-37-17-47(97-41(37)26-75)71-22-32(2)52(78)64-57(71)83/h21-25,36-50,75-76H,10-20,26-30H2,1-9H3,(H,61,87)(H,62,88)(H,89,90)(H,91,92)(H,63,77,82)(H,64,78,83)(H,65,79,84)(H,66,80,85)(H,67,81,86)/t36-,37-,38-,39-,40-,41+,42+,43+,44+,45+,46+,47+,48+,49+,50+,106?,107?/m0/s1. The van der Waals surface area contributed by atoms with Crippen LogP contribution in [0, 0.1) is 34.6 Å². The third-order valence-electron chi connectivity index (χ3n) is 18.3. The third-order valence-corrected chi connectivity index (χ3v) is 23.6. The maximum atomic E-state index is 15.6. The van der Waals surface area contributed by atoms with Crippen LogP contribution in [0.1, 0.15) is 104 Å². The highest BCUT2D eigenvalue weighted by atomic mass is 31.2. The summed E-state index contributed by atoms with van der Waals surface area (Å²) in [6, 6.07) is 0. The van der Waals surface area contributed by atoms with Gasteiger partial charge in [-0.2, -0.15) is 0 Å². The molecule has 5 aliphatic rings. The molecule has 5 saturated heterocycles. The number of aromatic amines is 5. The molecule has 49 heteroatoms. The molecule has 0 aliphatic carbocycles. The number of phosphoric acid groups is 2. The number of nitrogens with zero attached hydrogens (tertiary/aromatic N) is 7. The molecule has 0 amide bonds. The minimum atomic E-state index is -5.55. The Labute approximate surface area is 616 Å². The van der Waals surface area contributed by atoms with Crippen LogP contribution in [0.2, 0.25) is 0 Å². The van der Waals surface area contributed by atoms with Gasteiger partial charge in [0, 0.05) is 104 Å². The molecule has 0 aromatic carbocycles. The van der Waals surface area contributed by atoms with E-state index in [-0.39, 0.29) is 60.2 Å². The molecule has 0 spiro atoms. The van der Waals surface area contributed by atoms with Crippen molar-refractivity contribution in [3.05, 3.63) is 163 Å². The van der Waals surface area contributed by atoms with E-state index in [0.717, 1.165) is 35.2 Å². The molecule has 109 heavy (non-hydrogen) atoms. The molecular weight excluding hydrogens is 1540 g/mol. The Morgan fingerprint density at radius 1 is 0.413 bits per heavy atom. The molecule has 10 heterocycles. The van der Waals surface area contributed by atoms with E-state index in [2.05, 4.69) is 35.1 Å². The second-order valence-electron chi connectivity index (χ2n) is 27.3. The fourth-order valence-electron chi connectivity index (χ4n) is 12.5. The van der Waals surface area contributed by atoms with Crippen LogP contribution in [-0.4, -0.2) is 226 Å². The van der Waals surface area contributed by atoms with E-state index in [1.807, 2.05) is 4.90 Å². The van der Waals surface area contributed by atoms with Crippen molar-refractivity contribution in [1.82, 2.24) is 67.7 Å². The highest BCUT2D eigenvalue weighted by Crippen LogP contribution is 2.55. The van der Waals surface area contributed by atoms with Crippen molar-refractivity contribution < 1.29 is 98.1 Å². The minimum absolute atomic E-state index is 0.0139. The lowest BCUT2D eigenvalue weighted by Crippen LogP contribution is -2.34. The van der Waals surface area contributed by atoms with Gasteiger partial charge in [-0.05, 0) is 88.7 Å². The third kappa shape index (κ3) is 21.6. The zero-order valence-corrected chi connectivity index (χ0v) is 64.2. The van der Waals surface area contributed by atoms with Gasteiger partial charge in [0.25, 0.3) is 27.8 Å². The van der Waals surface area contributed by atoms with Crippen molar-refractivity contribution in [2.45, 2.75) is 172 Å². The van der Waals surface area contributed by atoms with Crippen LogP contribution in [0.25, 0.3) is 0 Å². The maximum Gasteiger partial charge on any atom is 0.472 e. The average molecular weight is 1630 g/mol. The van der Waals surface area contributed by atoms with Crippen LogP contribution < -0.4 is 66.4 Å². The summed E-state index contributed by atoms with van der Waals surface area (Å²) in [6.45, 7) is 3.44. The van der Waals surface area contributed by atoms with Gasteiger partial charge in [0.15, 0.2) is 0 Å². The molecule has 45 nitrogen and oxygen atoms in total. The molecule has 0 saturated carbocycles. The van der Waals surface area contributed by atoms with Crippen molar-refractivity contribution in [2.75, 3.05) is 87.4 Å². The van der Waals surface area contributed by atoms with Crippen LogP contribution >= 0.6 is 31.1 Å². The number of hydrogen-bond donors (Lipinski definition) is 11. The lowest BCUT2D eigenvalue weighted by atomic mass is 10.2. The van der Waals surface area contributed by atoms with Gasteiger partial charge >= 0.3 is 59.6 Å². The van der Waals surface area contributed by atoms with Crippen LogP contribution in [-0.2, 0) is 78.1 Å². The first-order chi connectivity index (χ1) is 51.3. The Balaban J connectivity index is 0.901. The zero-order valence-electron chi connectivity index (χ0n) is 60.6. The normalized spacial score (nSPS) is 28.0. The highest BCUT2D eigenvalue weighted by molar-refractivity contribution is 7.52. The first kappa shape index (κ1) is 84.9. The number of aryl methyl sites for hydroxylation is 5. The van der Waals surface area contributed by atoms with Gasteiger partial charge in [-0.3, -0.25) is 108 Å². The molecule has 11 N–H and O–H groups in total. The number of aliphatic hydroxyl groups excluding tert-OH is 2. The number of H-pyrrole nitrogens is 5. The lowest BCUT2D eigenvalue weighted by molar-refractivity contribution is -0.0618. The van der Waals surface area contributed by atoms with Gasteiger partial charge < -0.3 is 53.5 Å². The van der Waals surface area contributed by atoms with Crippen LogP contribution in [0.15, 0.2) is 78.9 Å². The van der Waals surface area contributed by atoms with E-state index in [1.54, 1.807) is 33.1 Å². The van der Waals surface area contributed by atoms with Gasteiger partial charge in [0.2, 0.25) is 0 Å². The number of rotatable bonds is 36. The minimum Gasteiger partial charge on any atom is -0.394 e. The molecule has 4 unspecified atom stereocenters. The van der Waals surface area contributed by atoms with Gasteiger partial charge in [0.05, 0.1) is 39.1 Å². The van der Waals surface area contributed by atoms with E-state index in [9.17, 15) is 77.1 Å². The van der Waals surface area contributed by atoms with E-state index in [4.69, 9.17) is 59.9 Å². The molecular formula is C60H90N14O31P4. The van der Waals surface area contributed by atoms with E-state index >= 15 is 9.13 Å². The summed E-state index contributed by atoms with van der Waals surface area (Å²) >= 11 is 0. The van der Waals surface area contributed by atoms with Gasteiger partial charge in [-0.15, -0.1) is 0 Å². The highest BCUT2D eigenvalue weighted by Gasteiger charge is 2.50. The summed E-state index contributed by atoms with van der Waals surface area (Å²) in [4.78, 5) is 165. The molecule has 5 aromatic heterocycles. The molecule has 19 atom stereocenters. The Kier molecular flexibility index (Phi) is 27.8. The fraction of sp³-hybridized carbons (Fsp3) is 0.667. The fourth-order valence-corrected chi connectivity index (χ4v) is 17.5. The zero-order chi connectivity index (χ0) is 79.4. The average Bonchev–Trinajstić information content (AvgIpc) is 1.66. The second kappa shape index (κ2) is 35.7. The summed E-state index contributed by atoms with van der Waals surface area (Å²) in [5.74, 6) is 0. The predicted octanol–water partition coefficient (Wildman–Crippen LogP) is -1.82. The van der Waals surface area contributed by atoms with E-state index in [1.165, 1.54) is 53.2 Å². The van der Waals surface area contributed by atoms with Gasteiger partial charge in [0.1, 0.15) is 86.1 Å². The Morgan fingerprint density at radius 2 is 0.670 bits per heavy atom. The van der Waals surface area contributed by atoms with Crippen molar-refractivity contribution in [3.8, 4) is 0 Å². The van der Waals surface area contributed by atoms with Crippen molar-refractivity contribution in [1.29, 1.82) is 0 Å². The van der Waals surface area contributed by atoms with Gasteiger partial charge in [-0.25, -0.2) is 52.4 Å². The molecule has 0 bridgehead atoms. The monoisotopic (exact) mass is 1630 g/mol. The molecule has 0 radical (unpaired) electrons. The summed E-state index contributed by atoms with van der Waals surface area (Å²) in [6.07, 6.45) is -16.9. The SMILES string of the molecule is Cc1cn([C@H]2C[C@H](OP(=O)(O)OC[C@H]3O[C@@H](n4cc(C)c(=O)[nH]c4=O)C[C@@H]3OP(=O)(NCCCN(C)C)OC[C@H]3O[C@@H](n4cc(C)c(=O)[nH]c4=O)C[C@@H]3OP(=O)(O)OC[C@H]3O[C@@H](n4cc(C)c(=O)[nH]c4=O)C[C@@H]3OP(=O)(NCCCN(C)C)OC[C@H]3O[C@@H](n4cc(C)c(=O)[nH]c4=O)C[C@@H]3O)[C@@H](CO)O2)c(=O)[nH]c1=O. The lowest BCUT2D eigenvalue weighted by Gasteiger charge is -2.28. The van der Waals surface area contributed by atoms with Gasteiger partial charge in [-0.1, -0.05) is 0 Å². The van der Waals surface area contributed by atoms with Crippen LogP contribution in [0.3, 0.4) is 0 Å². The van der Waals surface area contributed by atoms with E-state index < -0.39 is 232 Å². The van der Waals surface area contributed by atoms with Crippen LogP contribution in [0.5, 0.6) is 0 Å². The molecule has 606 valence electrons. The largest absolute Gasteiger partial charge is 0.472 e. The molecule has 10 rings (SSSR count). The summed E-state index contributed by atoms with van der Waals surface area (Å²) in [5, 5.41) is 26.9.